The van der Waals surface area contributed by atoms with Crippen molar-refractivity contribution in [3.05, 3.63) is 253 Å². The Balaban J connectivity index is 1.20. The molecule has 11 aromatic rings. The van der Waals surface area contributed by atoms with Crippen LogP contribution in [0.3, 0.4) is 0 Å². The lowest BCUT2D eigenvalue weighted by molar-refractivity contribution is 0.768. The Labute approximate surface area is 355 Å². The van der Waals surface area contributed by atoms with E-state index in [1.54, 1.807) is 0 Å². The molecule has 2 nitrogen and oxygen atoms in total. The van der Waals surface area contributed by atoms with E-state index in [0.717, 1.165) is 55.4 Å². The SMILES string of the molecule is c1ccc(-c2ccccc2-c2cc(-c3cccc4c3-c3ccccc3C4(c3ccccc3)c3ccccc3)nc(-c3c4ccccc4cc4c3ccc3ccccc34)n2)cc1. The summed E-state index contributed by atoms with van der Waals surface area (Å²) in [5.74, 6) is 0.703. The third kappa shape index (κ3) is 5.43. The fraction of sp³-hybridized carbons (Fsp3) is 0.0169. The quantitative estimate of drug-likeness (QED) is 0.124. The molecule has 0 N–H and O–H groups in total. The van der Waals surface area contributed by atoms with Crippen LogP contribution < -0.4 is 0 Å². The van der Waals surface area contributed by atoms with Gasteiger partial charge in [-0.2, -0.15) is 0 Å². The fourth-order valence-electron chi connectivity index (χ4n) is 10.2. The van der Waals surface area contributed by atoms with Gasteiger partial charge in [0.05, 0.1) is 16.8 Å². The highest BCUT2D eigenvalue weighted by Gasteiger charge is 2.46. The van der Waals surface area contributed by atoms with Crippen LogP contribution in [0.5, 0.6) is 0 Å². The molecule has 1 heterocycles. The van der Waals surface area contributed by atoms with Crippen molar-refractivity contribution < 1.29 is 0 Å². The van der Waals surface area contributed by atoms with Crippen LogP contribution in [0.25, 0.3) is 88.5 Å². The van der Waals surface area contributed by atoms with E-state index >= 15 is 0 Å². The highest BCUT2D eigenvalue weighted by atomic mass is 14.9. The van der Waals surface area contributed by atoms with Crippen LogP contribution in [0.15, 0.2) is 231 Å². The van der Waals surface area contributed by atoms with Crippen molar-refractivity contribution in [2.24, 2.45) is 0 Å². The molecule has 1 aliphatic rings. The molecule has 10 aromatic carbocycles. The van der Waals surface area contributed by atoms with Crippen molar-refractivity contribution in [1.82, 2.24) is 9.97 Å². The van der Waals surface area contributed by atoms with Crippen molar-refractivity contribution in [3.8, 4) is 56.2 Å². The number of hydrogen-bond acceptors (Lipinski definition) is 2. The summed E-state index contributed by atoms with van der Waals surface area (Å²) in [7, 11) is 0. The smallest absolute Gasteiger partial charge is 0.161 e. The minimum Gasteiger partial charge on any atom is -0.228 e. The minimum atomic E-state index is -0.532. The molecule has 2 heteroatoms. The van der Waals surface area contributed by atoms with E-state index in [4.69, 9.17) is 9.97 Å². The van der Waals surface area contributed by atoms with Crippen LogP contribution in [0, 0.1) is 0 Å². The van der Waals surface area contributed by atoms with Crippen molar-refractivity contribution in [3.63, 3.8) is 0 Å². The first-order chi connectivity index (χ1) is 30.3. The average molecular weight is 775 g/mol. The zero-order valence-corrected chi connectivity index (χ0v) is 33.3. The van der Waals surface area contributed by atoms with E-state index in [1.165, 1.54) is 49.5 Å². The van der Waals surface area contributed by atoms with Crippen molar-refractivity contribution in [2.45, 2.75) is 5.41 Å². The highest BCUT2D eigenvalue weighted by molar-refractivity contribution is 6.19. The molecule has 61 heavy (non-hydrogen) atoms. The van der Waals surface area contributed by atoms with Crippen LogP contribution in [-0.4, -0.2) is 9.97 Å². The van der Waals surface area contributed by atoms with Crippen LogP contribution >= 0.6 is 0 Å². The van der Waals surface area contributed by atoms with E-state index in [-0.39, 0.29) is 0 Å². The molecule has 0 saturated heterocycles. The van der Waals surface area contributed by atoms with Crippen molar-refractivity contribution >= 4 is 32.3 Å². The van der Waals surface area contributed by atoms with Gasteiger partial charge in [-0.1, -0.05) is 218 Å². The predicted octanol–water partition coefficient (Wildman–Crippen LogP) is 15.0. The Bertz CT molecular complexity index is 3420. The average Bonchev–Trinajstić information content (AvgIpc) is 3.65. The summed E-state index contributed by atoms with van der Waals surface area (Å²) in [5.41, 5.74) is 14.1. The first-order valence-electron chi connectivity index (χ1n) is 21.0. The van der Waals surface area contributed by atoms with Crippen molar-refractivity contribution in [2.75, 3.05) is 0 Å². The Morgan fingerprint density at radius 3 is 1.57 bits per heavy atom. The van der Waals surface area contributed by atoms with Gasteiger partial charge < -0.3 is 0 Å². The third-order valence-corrected chi connectivity index (χ3v) is 12.8. The number of fused-ring (bicyclic) bond motifs is 7. The molecule has 0 unspecified atom stereocenters. The molecule has 0 atom stereocenters. The summed E-state index contributed by atoms with van der Waals surface area (Å²) in [6.45, 7) is 0. The molecule has 1 aliphatic carbocycles. The van der Waals surface area contributed by atoms with Gasteiger partial charge >= 0.3 is 0 Å². The van der Waals surface area contributed by atoms with Gasteiger partial charge in [0.25, 0.3) is 0 Å². The zero-order valence-electron chi connectivity index (χ0n) is 33.3. The summed E-state index contributed by atoms with van der Waals surface area (Å²) in [6, 6.07) is 83.4. The minimum absolute atomic E-state index is 0.532. The van der Waals surface area contributed by atoms with Crippen LogP contribution in [0.1, 0.15) is 22.3 Å². The van der Waals surface area contributed by atoms with Gasteiger partial charge in [-0.25, -0.2) is 9.97 Å². The molecule has 284 valence electrons. The summed E-state index contributed by atoms with van der Waals surface area (Å²) in [5, 5.41) is 7.03. The second-order valence-corrected chi connectivity index (χ2v) is 16.0. The number of rotatable bonds is 6. The van der Waals surface area contributed by atoms with E-state index in [0.29, 0.717) is 5.82 Å². The Morgan fingerprint density at radius 2 is 0.836 bits per heavy atom. The van der Waals surface area contributed by atoms with Gasteiger partial charge in [-0.3, -0.25) is 0 Å². The van der Waals surface area contributed by atoms with Gasteiger partial charge in [-0.05, 0) is 89.0 Å². The van der Waals surface area contributed by atoms with Crippen LogP contribution in [-0.2, 0) is 5.41 Å². The molecule has 0 amide bonds. The fourth-order valence-corrected chi connectivity index (χ4v) is 10.2. The lowest BCUT2D eigenvalue weighted by Gasteiger charge is -2.33. The number of aromatic nitrogens is 2. The maximum absolute atomic E-state index is 5.71. The van der Waals surface area contributed by atoms with E-state index < -0.39 is 5.41 Å². The molecule has 0 spiro atoms. The van der Waals surface area contributed by atoms with Gasteiger partial charge in [-0.15, -0.1) is 0 Å². The Morgan fingerprint density at radius 1 is 0.295 bits per heavy atom. The molecule has 0 saturated carbocycles. The largest absolute Gasteiger partial charge is 0.228 e. The molecule has 0 radical (unpaired) electrons. The lowest BCUT2D eigenvalue weighted by Crippen LogP contribution is -2.28. The third-order valence-electron chi connectivity index (χ3n) is 12.8. The maximum Gasteiger partial charge on any atom is 0.161 e. The normalized spacial score (nSPS) is 12.7. The highest BCUT2D eigenvalue weighted by Crippen LogP contribution is 2.58. The first kappa shape index (κ1) is 35.0. The van der Waals surface area contributed by atoms with Crippen LogP contribution in [0.2, 0.25) is 0 Å². The molecular formula is C59H38N2. The summed E-state index contributed by atoms with van der Waals surface area (Å²) >= 11 is 0. The summed E-state index contributed by atoms with van der Waals surface area (Å²) in [6.07, 6.45) is 0. The standard InChI is InChI=1S/C59H38N2/c1-4-19-39(20-5-1)44-27-14-15-30-47(44)54-38-55(61-58(60-54)57-46-29-13-11-22-41(46)37-51-45-28-12-10-21-40(45)35-36-48(51)57)50-32-18-34-53-56(50)49-31-16-17-33-52(49)59(53,42-23-6-2-7-24-42)43-25-8-3-9-26-43/h1-38H. The van der Waals surface area contributed by atoms with Gasteiger partial charge in [0.2, 0.25) is 0 Å². The molecule has 12 rings (SSSR count). The molecule has 0 fully saturated rings. The van der Waals surface area contributed by atoms with E-state index in [2.05, 4.69) is 231 Å². The van der Waals surface area contributed by atoms with Crippen molar-refractivity contribution in [1.29, 1.82) is 0 Å². The summed E-state index contributed by atoms with van der Waals surface area (Å²) in [4.78, 5) is 11.3. The second-order valence-electron chi connectivity index (χ2n) is 16.0. The monoisotopic (exact) mass is 774 g/mol. The molecular weight excluding hydrogens is 737 g/mol. The summed E-state index contributed by atoms with van der Waals surface area (Å²) < 4.78 is 0. The maximum atomic E-state index is 5.71. The number of hydrogen-bond donors (Lipinski definition) is 0. The van der Waals surface area contributed by atoms with E-state index in [1.807, 2.05) is 0 Å². The van der Waals surface area contributed by atoms with Gasteiger partial charge in [0, 0.05) is 16.7 Å². The Hall–Kier alpha value is -7.94. The Kier molecular flexibility index (Phi) is 8.11. The van der Waals surface area contributed by atoms with Crippen LogP contribution in [0.4, 0.5) is 0 Å². The number of nitrogens with zero attached hydrogens (tertiary/aromatic N) is 2. The topological polar surface area (TPSA) is 25.8 Å². The molecule has 0 bridgehead atoms. The first-order valence-corrected chi connectivity index (χ1v) is 21.0. The lowest BCUT2D eigenvalue weighted by atomic mass is 9.67. The van der Waals surface area contributed by atoms with Gasteiger partial charge in [0.15, 0.2) is 5.82 Å². The number of benzene rings is 10. The predicted molar refractivity (Wildman–Crippen MR) is 254 cm³/mol. The molecule has 0 aliphatic heterocycles. The van der Waals surface area contributed by atoms with Gasteiger partial charge in [0.1, 0.15) is 0 Å². The zero-order chi connectivity index (χ0) is 40.3. The molecule has 1 aromatic heterocycles. The second kappa shape index (κ2) is 14.1. The van der Waals surface area contributed by atoms with E-state index in [9.17, 15) is 0 Å².